The highest BCUT2D eigenvalue weighted by atomic mass is 16.2. The molecule has 1 aromatic rings. The van der Waals surface area contributed by atoms with E-state index in [2.05, 4.69) is 34.4 Å². The fraction of sp³-hybridized carbons (Fsp3) is 0.733. The Bertz CT molecular complexity index is 371. The third kappa shape index (κ3) is 5.74. The van der Waals surface area contributed by atoms with Crippen LogP contribution in [0.1, 0.15) is 51.5 Å². The van der Waals surface area contributed by atoms with Crippen LogP contribution in [0, 0.1) is 0 Å². The van der Waals surface area contributed by atoms with Gasteiger partial charge in [0.1, 0.15) is 18.0 Å². The summed E-state index contributed by atoms with van der Waals surface area (Å²) in [5.41, 5.74) is 1.19. The minimum atomic E-state index is 0.298. The molecule has 1 rings (SSSR count). The molecule has 20 heavy (non-hydrogen) atoms. The van der Waals surface area contributed by atoms with Gasteiger partial charge in [0.15, 0.2) is 0 Å². The molecule has 1 heterocycles. The summed E-state index contributed by atoms with van der Waals surface area (Å²) in [6, 6.07) is 0. The molecule has 0 bridgehead atoms. The van der Waals surface area contributed by atoms with Gasteiger partial charge in [-0.2, -0.15) is 0 Å². The maximum absolute atomic E-state index is 8.74. The number of aliphatic hydroxyl groups is 1. The number of nitrogens with zero attached hydrogens (tertiary/aromatic N) is 2. The van der Waals surface area contributed by atoms with Crippen LogP contribution in [-0.4, -0.2) is 34.8 Å². The number of rotatable bonds is 11. The molecule has 0 spiro atoms. The molecular formula is C15H28N4O. The molecule has 0 aromatic carbocycles. The van der Waals surface area contributed by atoms with Crippen LogP contribution in [0.5, 0.6) is 0 Å². The van der Waals surface area contributed by atoms with Gasteiger partial charge in [0.05, 0.1) is 0 Å². The second-order valence-corrected chi connectivity index (χ2v) is 4.89. The van der Waals surface area contributed by atoms with Gasteiger partial charge in [-0.05, 0) is 26.2 Å². The number of aromatic nitrogens is 2. The van der Waals surface area contributed by atoms with Gasteiger partial charge in [0.2, 0.25) is 0 Å². The van der Waals surface area contributed by atoms with Crippen LogP contribution < -0.4 is 10.6 Å². The van der Waals surface area contributed by atoms with E-state index in [1.54, 1.807) is 6.33 Å². The summed E-state index contributed by atoms with van der Waals surface area (Å²) >= 11 is 0. The van der Waals surface area contributed by atoms with Crippen molar-refractivity contribution in [3.8, 4) is 0 Å². The van der Waals surface area contributed by atoms with Crippen LogP contribution in [0.25, 0.3) is 0 Å². The predicted molar refractivity (Wildman–Crippen MR) is 84.2 cm³/mol. The molecule has 0 atom stereocenters. The van der Waals surface area contributed by atoms with Crippen LogP contribution in [0.2, 0.25) is 0 Å². The first-order chi connectivity index (χ1) is 9.83. The topological polar surface area (TPSA) is 70.1 Å². The van der Waals surface area contributed by atoms with Crippen LogP contribution in [0.4, 0.5) is 11.6 Å². The predicted octanol–water partition coefficient (Wildman–Crippen LogP) is 2.83. The van der Waals surface area contributed by atoms with Gasteiger partial charge >= 0.3 is 0 Å². The van der Waals surface area contributed by atoms with E-state index in [4.69, 9.17) is 5.11 Å². The molecule has 0 saturated carbocycles. The number of unbranched alkanes of at least 4 members (excludes halogenated alkanes) is 3. The lowest BCUT2D eigenvalue weighted by Crippen LogP contribution is -2.11. The average Bonchev–Trinajstić information content (AvgIpc) is 2.46. The summed E-state index contributed by atoms with van der Waals surface area (Å²) in [4.78, 5) is 8.70. The second-order valence-electron chi connectivity index (χ2n) is 4.89. The Hall–Kier alpha value is -1.36. The Labute approximate surface area is 122 Å². The number of aliphatic hydroxyl groups excluding tert-OH is 1. The summed E-state index contributed by atoms with van der Waals surface area (Å²) in [7, 11) is 0. The monoisotopic (exact) mass is 280 g/mol. The zero-order valence-corrected chi connectivity index (χ0v) is 12.8. The SMILES string of the molecule is CCCc1c(NCC)ncnc1NCCCCCCO. The van der Waals surface area contributed by atoms with Crippen molar-refractivity contribution in [2.24, 2.45) is 0 Å². The maximum Gasteiger partial charge on any atom is 0.134 e. The fourth-order valence-electron chi connectivity index (χ4n) is 2.17. The van der Waals surface area contributed by atoms with Crippen molar-refractivity contribution in [1.82, 2.24) is 9.97 Å². The van der Waals surface area contributed by atoms with Gasteiger partial charge in [-0.15, -0.1) is 0 Å². The lowest BCUT2D eigenvalue weighted by Gasteiger charge is -2.14. The molecule has 5 nitrogen and oxygen atoms in total. The molecule has 5 heteroatoms. The molecule has 3 N–H and O–H groups in total. The molecule has 0 aliphatic heterocycles. The number of nitrogens with one attached hydrogen (secondary N) is 2. The van der Waals surface area contributed by atoms with E-state index in [1.807, 2.05) is 0 Å². The summed E-state index contributed by atoms with van der Waals surface area (Å²) < 4.78 is 0. The zero-order chi connectivity index (χ0) is 14.6. The van der Waals surface area contributed by atoms with Crippen LogP contribution >= 0.6 is 0 Å². The minimum absolute atomic E-state index is 0.298. The fourth-order valence-corrected chi connectivity index (χ4v) is 2.17. The Morgan fingerprint density at radius 2 is 1.70 bits per heavy atom. The minimum Gasteiger partial charge on any atom is -0.396 e. The van der Waals surface area contributed by atoms with E-state index in [0.29, 0.717) is 6.61 Å². The quantitative estimate of drug-likeness (QED) is 0.544. The van der Waals surface area contributed by atoms with Crippen molar-refractivity contribution in [2.45, 2.75) is 52.4 Å². The van der Waals surface area contributed by atoms with Gasteiger partial charge < -0.3 is 15.7 Å². The Morgan fingerprint density at radius 1 is 1.00 bits per heavy atom. The molecule has 0 aliphatic rings. The summed E-state index contributed by atoms with van der Waals surface area (Å²) in [5.74, 6) is 1.91. The first kappa shape index (κ1) is 16.7. The normalized spacial score (nSPS) is 10.6. The number of hydrogen-bond acceptors (Lipinski definition) is 5. The maximum atomic E-state index is 8.74. The highest BCUT2D eigenvalue weighted by Gasteiger charge is 2.09. The average molecular weight is 280 g/mol. The van der Waals surface area contributed by atoms with Gasteiger partial charge in [-0.25, -0.2) is 9.97 Å². The first-order valence-electron chi connectivity index (χ1n) is 7.75. The Morgan fingerprint density at radius 3 is 2.35 bits per heavy atom. The van der Waals surface area contributed by atoms with Crippen molar-refractivity contribution in [3.05, 3.63) is 11.9 Å². The summed E-state index contributed by atoms with van der Waals surface area (Å²) in [6.07, 6.45) is 7.91. The second kappa shape index (κ2) is 10.4. The zero-order valence-electron chi connectivity index (χ0n) is 12.8. The lowest BCUT2D eigenvalue weighted by atomic mass is 10.1. The number of anilines is 2. The molecule has 0 unspecified atom stereocenters. The van der Waals surface area contributed by atoms with E-state index in [-0.39, 0.29) is 0 Å². The van der Waals surface area contributed by atoms with Crippen LogP contribution in [0.15, 0.2) is 6.33 Å². The smallest absolute Gasteiger partial charge is 0.134 e. The molecule has 0 saturated heterocycles. The van der Waals surface area contributed by atoms with Crippen molar-refractivity contribution in [3.63, 3.8) is 0 Å². The lowest BCUT2D eigenvalue weighted by molar-refractivity contribution is 0.283. The molecule has 0 amide bonds. The Kier molecular flexibility index (Phi) is 8.71. The van der Waals surface area contributed by atoms with Crippen molar-refractivity contribution in [2.75, 3.05) is 30.3 Å². The van der Waals surface area contributed by atoms with E-state index >= 15 is 0 Å². The largest absolute Gasteiger partial charge is 0.396 e. The Balaban J connectivity index is 2.52. The molecule has 0 fully saturated rings. The van der Waals surface area contributed by atoms with E-state index in [0.717, 1.165) is 63.3 Å². The van der Waals surface area contributed by atoms with Gasteiger partial charge in [0, 0.05) is 25.3 Å². The highest BCUT2D eigenvalue weighted by Crippen LogP contribution is 2.21. The van der Waals surface area contributed by atoms with Crippen molar-refractivity contribution in [1.29, 1.82) is 0 Å². The van der Waals surface area contributed by atoms with E-state index in [9.17, 15) is 0 Å². The standard InChI is InChI=1S/C15H28N4O/c1-3-9-13-14(16-4-2)18-12-19-15(13)17-10-7-5-6-8-11-20/h12,20H,3-11H2,1-2H3,(H2,16,17,18,19). The van der Waals surface area contributed by atoms with E-state index in [1.165, 1.54) is 5.56 Å². The van der Waals surface area contributed by atoms with Gasteiger partial charge in [-0.3, -0.25) is 0 Å². The van der Waals surface area contributed by atoms with E-state index < -0.39 is 0 Å². The van der Waals surface area contributed by atoms with Crippen LogP contribution in [-0.2, 0) is 6.42 Å². The van der Waals surface area contributed by atoms with Gasteiger partial charge in [-0.1, -0.05) is 26.2 Å². The summed E-state index contributed by atoms with van der Waals surface area (Å²) in [5, 5.41) is 15.5. The number of hydrogen-bond donors (Lipinski definition) is 3. The molecule has 0 aliphatic carbocycles. The van der Waals surface area contributed by atoms with Gasteiger partial charge in [0.25, 0.3) is 0 Å². The molecule has 114 valence electrons. The molecular weight excluding hydrogens is 252 g/mol. The third-order valence-corrected chi connectivity index (χ3v) is 3.17. The van der Waals surface area contributed by atoms with Crippen LogP contribution in [0.3, 0.4) is 0 Å². The van der Waals surface area contributed by atoms with Crippen molar-refractivity contribution < 1.29 is 5.11 Å². The summed E-state index contributed by atoms with van der Waals surface area (Å²) in [6.45, 7) is 6.33. The third-order valence-electron chi connectivity index (χ3n) is 3.17. The highest BCUT2D eigenvalue weighted by molar-refractivity contribution is 5.57. The molecule has 0 radical (unpaired) electrons. The molecule has 1 aromatic heterocycles. The van der Waals surface area contributed by atoms with Crippen molar-refractivity contribution >= 4 is 11.6 Å². The first-order valence-corrected chi connectivity index (χ1v) is 7.75.